The van der Waals surface area contributed by atoms with Crippen LogP contribution in [0.5, 0.6) is 5.75 Å². The Bertz CT molecular complexity index is 616. The second kappa shape index (κ2) is 6.07. The third-order valence-electron chi connectivity index (χ3n) is 4.75. The molecule has 0 radical (unpaired) electrons. The second-order valence-electron chi connectivity index (χ2n) is 6.33. The molecule has 1 saturated carbocycles. The standard InChI is InChI=1S/C19H25NO/c1-3-10-19(11-12-19)14-20-13-15-8-9-18(21-2)17-7-5-4-6-16(15)17/h4-9,20H,3,10-14H2,1-2H3. The van der Waals surface area contributed by atoms with Crippen molar-refractivity contribution in [2.24, 2.45) is 5.41 Å². The Morgan fingerprint density at radius 2 is 1.86 bits per heavy atom. The van der Waals surface area contributed by atoms with Gasteiger partial charge in [-0.1, -0.05) is 43.7 Å². The molecule has 1 N–H and O–H groups in total. The van der Waals surface area contributed by atoms with Gasteiger partial charge in [0.2, 0.25) is 0 Å². The SMILES string of the molecule is CCCC1(CNCc2ccc(OC)c3ccccc23)CC1. The van der Waals surface area contributed by atoms with Crippen molar-refractivity contribution in [2.75, 3.05) is 13.7 Å². The van der Waals surface area contributed by atoms with Crippen LogP contribution < -0.4 is 10.1 Å². The summed E-state index contributed by atoms with van der Waals surface area (Å²) in [5, 5.41) is 6.18. The maximum Gasteiger partial charge on any atom is 0.126 e. The number of methoxy groups -OCH3 is 1. The summed E-state index contributed by atoms with van der Waals surface area (Å²) in [7, 11) is 1.74. The van der Waals surface area contributed by atoms with Crippen LogP contribution in [0, 0.1) is 5.41 Å². The molecule has 2 nitrogen and oxygen atoms in total. The van der Waals surface area contributed by atoms with E-state index in [2.05, 4.69) is 48.6 Å². The van der Waals surface area contributed by atoms with Crippen LogP contribution in [-0.4, -0.2) is 13.7 Å². The summed E-state index contributed by atoms with van der Waals surface area (Å²) < 4.78 is 5.46. The second-order valence-corrected chi connectivity index (χ2v) is 6.33. The van der Waals surface area contributed by atoms with Crippen molar-refractivity contribution in [3.8, 4) is 5.75 Å². The van der Waals surface area contributed by atoms with Crippen LogP contribution in [0.15, 0.2) is 36.4 Å². The number of benzene rings is 2. The summed E-state index contributed by atoms with van der Waals surface area (Å²) in [5.74, 6) is 0.957. The molecular formula is C19H25NO. The third-order valence-corrected chi connectivity index (χ3v) is 4.75. The Kier molecular flexibility index (Phi) is 4.16. The van der Waals surface area contributed by atoms with E-state index in [9.17, 15) is 0 Å². The molecule has 1 aliphatic carbocycles. The average molecular weight is 283 g/mol. The molecule has 0 aliphatic heterocycles. The minimum Gasteiger partial charge on any atom is -0.496 e. The quantitative estimate of drug-likeness (QED) is 0.806. The van der Waals surface area contributed by atoms with Crippen molar-refractivity contribution < 1.29 is 4.74 Å². The lowest BCUT2D eigenvalue weighted by atomic mass is 10.00. The van der Waals surface area contributed by atoms with E-state index >= 15 is 0 Å². The summed E-state index contributed by atoms with van der Waals surface area (Å²) in [6.07, 6.45) is 5.46. The normalized spacial score (nSPS) is 16.1. The van der Waals surface area contributed by atoms with E-state index in [-0.39, 0.29) is 0 Å². The van der Waals surface area contributed by atoms with Crippen LogP contribution in [0.1, 0.15) is 38.2 Å². The number of hydrogen-bond acceptors (Lipinski definition) is 2. The van der Waals surface area contributed by atoms with Crippen molar-refractivity contribution in [3.05, 3.63) is 42.0 Å². The minimum absolute atomic E-state index is 0.608. The van der Waals surface area contributed by atoms with E-state index in [1.807, 2.05) is 0 Å². The zero-order chi connectivity index (χ0) is 14.7. The largest absolute Gasteiger partial charge is 0.496 e. The maximum absolute atomic E-state index is 5.46. The summed E-state index contributed by atoms with van der Waals surface area (Å²) in [6, 6.07) is 12.8. The molecule has 0 atom stereocenters. The van der Waals surface area contributed by atoms with E-state index < -0.39 is 0 Å². The molecule has 2 aromatic rings. The van der Waals surface area contributed by atoms with Crippen LogP contribution in [0.4, 0.5) is 0 Å². The molecule has 0 bridgehead atoms. The van der Waals surface area contributed by atoms with E-state index in [1.165, 1.54) is 42.0 Å². The van der Waals surface area contributed by atoms with Gasteiger partial charge in [0, 0.05) is 18.5 Å². The van der Waals surface area contributed by atoms with Crippen molar-refractivity contribution in [2.45, 2.75) is 39.2 Å². The van der Waals surface area contributed by atoms with Crippen LogP contribution in [0.2, 0.25) is 0 Å². The van der Waals surface area contributed by atoms with E-state index in [4.69, 9.17) is 4.74 Å². The van der Waals surface area contributed by atoms with Gasteiger partial charge < -0.3 is 10.1 Å². The highest BCUT2D eigenvalue weighted by Gasteiger charge is 2.40. The van der Waals surface area contributed by atoms with Crippen molar-refractivity contribution in [1.82, 2.24) is 5.32 Å². The first-order valence-electron chi connectivity index (χ1n) is 8.03. The van der Waals surface area contributed by atoms with Gasteiger partial charge in [0.1, 0.15) is 5.75 Å². The molecule has 0 saturated heterocycles. The van der Waals surface area contributed by atoms with Gasteiger partial charge in [-0.3, -0.25) is 0 Å². The molecular weight excluding hydrogens is 258 g/mol. The highest BCUT2D eigenvalue weighted by molar-refractivity contribution is 5.91. The Hall–Kier alpha value is -1.54. The van der Waals surface area contributed by atoms with E-state index in [0.29, 0.717) is 5.41 Å². The van der Waals surface area contributed by atoms with Gasteiger partial charge in [0.25, 0.3) is 0 Å². The highest BCUT2D eigenvalue weighted by Crippen LogP contribution is 2.49. The minimum atomic E-state index is 0.608. The fraction of sp³-hybridized carbons (Fsp3) is 0.474. The fourth-order valence-electron chi connectivity index (χ4n) is 3.35. The van der Waals surface area contributed by atoms with Crippen molar-refractivity contribution in [3.63, 3.8) is 0 Å². The topological polar surface area (TPSA) is 21.3 Å². The Labute approximate surface area is 127 Å². The molecule has 1 fully saturated rings. The smallest absolute Gasteiger partial charge is 0.126 e. The van der Waals surface area contributed by atoms with E-state index in [1.54, 1.807) is 7.11 Å². The zero-order valence-electron chi connectivity index (χ0n) is 13.1. The zero-order valence-corrected chi connectivity index (χ0v) is 13.1. The summed E-state index contributed by atoms with van der Waals surface area (Å²) >= 11 is 0. The van der Waals surface area contributed by atoms with E-state index in [0.717, 1.165) is 18.8 Å². The lowest BCUT2D eigenvalue weighted by molar-refractivity contribution is 0.418. The summed E-state index contributed by atoms with van der Waals surface area (Å²) in [6.45, 7) is 4.38. The number of hydrogen-bond donors (Lipinski definition) is 1. The Morgan fingerprint density at radius 3 is 2.52 bits per heavy atom. The van der Waals surface area contributed by atoms with Crippen LogP contribution in [-0.2, 0) is 6.54 Å². The molecule has 2 heteroatoms. The van der Waals surface area contributed by atoms with Crippen molar-refractivity contribution in [1.29, 1.82) is 0 Å². The summed E-state index contributed by atoms with van der Waals surface area (Å²) in [5.41, 5.74) is 1.97. The Balaban J connectivity index is 1.73. The van der Waals surface area contributed by atoms with Gasteiger partial charge in [0.05, 0.1) is 7.11 Å². The van der Waals surface area contributed by atoms with Crippen LogP contribution in [0.3, 0.4) is 0 Å². The number of nitrogens with one attached hydrogen (secondary N) is 1. The lowest BCUT2D eigenvalue weighted by Gasteiger charge is -2.16. The number of rotatable bonds is 7. The molecule has 0 aromatic heterocycles. The fourth-order valence-corrected chi connectivity index (χ4v) is 3.35. The maximum atomic E-state index is 5.46. The molecule has 1 aliphatic rings. The van der Waals surface area contributed by atoms with Gasteiger partial charge >= 0.3 is 0 Å². The van der Waals surface area contributed by atoms with Gasteiger partial charge in [0.15, 0.2) is 0 Å². The van der Waals surface area contributed by atoms with Gasteiger partial charge in [-0.15, -0.1) is 0 Å². The number of fused-ring (bicyclic) bond motifs is 1. The van der Waals surface area contributed by atoms with Gasteiger partial charge in [-0.25, -0.2) is 0 Å². The molecule has 0 heterocycles. The first kappa shape index (κ1) is 14.4. The first-order chi connectivity index (χ1) is 10.3. The summed E-state index contributed by atoms with van der Waals surface area (Å²) in [4.78, 5) is 0. The Morgan fingerprint density at radius 1 is 1.10 bits per heavy atom. The van der Waals surface area contributed by atoms with Gasteiger partial charge in [-0.2, -0.15) is 0 Å². The molecule has 0 amide bonds. The molecule has 21 heavy (non-hydrogen) atoms. The molecule has 0 spiro atoms. The van der Waals surface area contributed by atoms with Crippen LogP contribution in [0.25, 0.3) is 10.8 Å². The van der Waals surface area contributed by atoms with Gasteiger partial charge in [-0.05, 0) is 41.7 Å². The monoisotopic (exact) mass is 283 g/mol. The predicted octanol–water partition coefficient (Wildman–Crippen LogP) is 4.52. The average Bonchev–Trinajstić information content (AvgIpc) is 3.27. The number of ether oxygens (including phenoxy) is 1. The van der Waals surface area contributed by atoms with Crippen molar-refractivity contribution >= 4 is 10.8 Å². The molecule has 0 unspecified atom stereocenters. The first-order valence-corrected chi connectivity index (χ1v) is 8.03. The van der Waals surface area contributed by atoms with Crippen LogP contribution >= 0.6 is 0 Å². The predicted molar refractivity (Wildman–Crippen MR) is 88.8 cm³/mol. The molecule has 3 rings (SSSR count). The lowest BCUT2D eigenvalue weighted by Crippen LogP contribution is -2.23. The third kappa shape index (κ3) is 3.06. The highest BCUT2D eigenvalue weighted by atomic mass is 16.5. The molecule has 112 valence electrons. The molecule has 2 aromatic carbocycles.